The zero-order valence-electron chi connectivity index (χ0n) is 24.2. The van der Waals surface area contributed by atoms with E-state index in [1.165, 1.54) is 23.1 Å². The Hall–Kier alpha value is -2.92. The van der Waals surface area contributed by atoms with Gasteiger partial charge in [0, 0.05) is 0 Å². The number of imidazole rings is 1. The zero-order chi connectivity index (χ0) is 32.0. The number of nitrogens with zero attached hydrogens (tertiary/aromatic N) is 4. The molecule has 3 N–H and O–H groups in total. The summed E-state index contributed by atoms with van der Waals surface area (Å²) in [6.45, 7) is 3.18. The Kier molecular flexibility index (Phi) is 9.20. The predicted molar refractivity (Wildman–Crippen MR) is 143 cm³/mol. The van der Waals surface area contributed by atoms with Crippen LogP contribution in [0.5, 0.6) is 0 Å². The van der Waals surface area contributed by atoms with Crippen molar-refractivity contribution in [2.24, 2.45) is 17.8 Å². The number of rotatable bonds is 13. The molecule has 44 heavy (non-hydrogen) atoms. The van der Waals surface area contributed by atoms with E-state index in [1.807, 2.05) is 19.2 Å². The van der Waals surface area contributed by atoms with E-state index in [9.17, 15) is 31.5 Å². The summed E-state index contributed by atoms with van der Waals surface area (Å²) in [4.78, 5) is 38.0. The van der Waals surface area contributed by atoms with Gasteiger partial charge in [0.2, 0.25) is 0 Å². The van der Waals surface area contributed by atoms with Gasteiger partial charge in [-0.25, -0.2) is 0 Å². The summed E-state index contributed by atoms with van der Waals surface area (Å²) in [7, 11) is 0. The van der Waals surface area contributed by atoms with E-state index in [4.69, 9.17) is 0 Å². The number of hydrogen-bond acceptors (Lipinski definition) is 5. The molecule has 2 atom stereocenters. The van der Waals surface area contributed by atoms with Crippen LogP contribution in [0, 0.1) is 23.6 Å². The molecule has 0 unspecified atom stereocenters. The molecule has 2 fully saturated rings. The van der Waals surface area contributed by atoms with E-state index < -0.39 is 71.9 Å². The summed E-state index contributed by atoms with van der Waals surface area (Å²) in [6, 6.07) is 1.83. The average molecular weight is 741 g/mol. The number of amides is 2. The van der Waals surface area contributed by atoms with Gasteiger partial charge in [0.25, 0.3) is 0 Å². The number of hydrogen-bond donors (Lipinski definition) is 3. The fourth-order valence-corrected chi connectivity index (χ4v) is 7.96. The second-order valence-corrected chi connectivity index (χ2v) is 14.8. The molecule has 2 amide bonds. The first-order chi connectivity index (χ1) is 20.6. The van der Waals surface area contributed by atoms with Crippen LogP contribution in [0.3, 0.4) is 0 Å². The van der Waals surface area contributed by atoms with Crippen LogP contribution in [0.15, 0.2) is 18.5 Å². The van der Waals surface area contributed by atoms with Gasteiger partial charge < -0.3 is 0 Å². The third-order valence-corrected chi connectivity index (χ3v) is 11.1. The number of benzene rings is 1. The van der Waals surface area contributed by atoms with Gasteiger partial charge in [-0.2, -0.15) is 0 Å². The normalized spacial score (nSPS) is 17.4. The van der Waals surface area contributed by atoms with Crippen molar-refractivity contribution in [3.63, 3.8) is 0 Å². The molecule has 0 aliphatic heterocycles. The first-order valence-electron chi connectivity index (χ1n) is 14.3. The van der Waals surface area contributed by atoms with Crippen LogP contribution < -0.4 is 31.8 Å². The van der Waals surface area contributed by atoms with E-state index in [-0.39, 0.29) is 40.2 Å². The summed E-state index contributed by atoms with van der Waals surface area (Å²) in [5.41, 5.74) is -0.317. The molecular formula is C28H33F6IN7O2-. The van der Waals surface area contributed by atoms with Gasteiger partial charge in [0.15, 0.2) is 0 Å². The zero-order valence-corrected chi connectivity index (χ0v) is 26.3. The van der Waals surface area contributed by atoms with Gasteiger partial charge in [-0.3, -0.25) is 0 Å². The molecule has 1 aromatic carbocycles. The van der Waals surface area contributed by atoms with Crippen LogP contribution in [-0.4, -0.2) is 59.6 Å². The fourth-order valence-electron chi connectivity index (χ4n) is 5.45. The van der Waals surface area contributed by atoms with Crippen molar-refractivity contribution in [3.8, 4) is 0 Å². The molecule has 2 aliphatic carbocycles. The van der Waals surface area contributed by atoms with Crippen LogP contribution in [0.25, 0.3) is 11.0 Å². The Balaban J connectivity index is 1.50. The Morgan fingerprint density at radius 3 is 2.34 bits per heavy atom. The van der Waals surface area contributed by atoms with Crippen molar-refractivity contribution in [2.45, 2.75) is 74.6 Å². The van der Waals surface area contributed by atoms with Crippen LogP contribution in [-0.2, 0) is 4.79 Å². The monoisotopic (exact) mass is 740 g/mol. The topological polar surface area (TPSA) is 118 Å². The number of carbonyl (C=O) groups excluding carboxylic acids is 2. The Morgan fingerprint density at radius 1 is 1.11 bits per heavy atom. The van der Waals surface area contributed by atoms with Crippen LogP contribution in [0.2, 0.25) is 0 Å². The summed E-state index contributed by atoms with van der Waals surface area (Å²) in [6.07, 6.45) is 0.592. The quantitative estimate of drug-likeness (QED) is 0.141. The fraction of sp³-hybridized carbons (Fsp3) is 0.607. The van der Waals surface area contributed by atoms with Crippen molar-refractivity contribution in [1.82, 2.24) is 35.4 Å². The predicted octanol–water partition coefficient (Wildman–Crippen LogP) is 2.25. The SMILES string of the molecule is CC(C)n1ncnc1C(=O)N[C@H](c1nc2c(F)c([C@@H]([I-]CC(F)(F)F)C(=O)NCC(C)(F)F)ccc2[nH]1)C(C1CC1)C1CC1. The van der Waals surface area contributed by atoms with Crippen LogP contribution in [0.1, 0.15) is 84.5 Å². The molecule has 0 saturated heterocycles. The van der Waals surface area contributed by atoms with Gasteiger partial charge in [-0.15, -0.1) is 0 Å². The van der Waals surface area contributed by atoms with Gasteiger partial charge in [-0.1, -0.05) is 0 Å². The number of alkyl halides is 7. The number of nitrogens with one attached hydrogen (secondary N) is 3. The maximum absolute atomic E-state index is 16.0. The van der Waals surface area contributed by atoms with Crippen molar-refractivity contribution in [3.05, 3.63) is 41.5 Å². The maximum atomic E-state index is 16.0. The van der Waals surface area contributed by atoms with Crippen molar-refractivity contribution < 1.29 is 57.1 Å². The van der Waals surface area contributed by atoms with Crippen molar-refractivity contribution in [2.75, 3.05) is 11.0 Å². The first kappa shape index (κ1) is 32.5. The summed E-state index contributed by atoms with van der Waals surface area (Å²) in [5.74, 6) is -4.81. The molecule has 242 valence electrons. The van der Waals surface area contributed by atoms with E-state index in [2.05, 4.69) is 25.4 Å². The van der Waals surface area contributed by atoms with Crippen LogP contribution >= 0.6 is 0 Å². The molecule has 2 aromatic heterocycles. The summed E-state index contributed by atoms with van der Waals surface area (Å²) in [5, 5.41) is 9.15. The Labute approximate surface area is 259 Å². The van der Waals surface area contributed by atoms with Crippen molar-refractivity contribution in [1.29, 1.82) is 0 Å². The molecule has 2 aliphatic rings. The molecule has 2 saturated carbocycles. The minimum atomic E-state index is -4.60. The molecule has 9 nitrogen and oxygen atoms in total. The Bertz CT molecular complexity index is 1500. The first-order valence-corrected chi connectivity index (χ1v) is 17.1. The number of fused-ring (bicyclic) bond motifs is 1. The van der Waals surface area contributed by atoms with E-state index in [0.717, 1.165) is 25.7 Å². The number of aromatic amines is 1. The minimum absolute atomic E-state index is 0.0179. The molecule has 0 spiro atoms. The van der Waals surface area contributed by atoms with Crippen molar-refractivity contribution >= 4 is 22.8 Å². The van der Waals surface area contributed by atoms with Crippen LogP contribution in [0.4, 0.5) is 26.3 Å². The number of carbonyl (C=O) groups is 2. The number of halogens is 7. The summed E-state index contributed by atoms with van der Waals surface area (Å²) >= 11 is -2.06. The van der Waals surface area contributed by atoms with Gasteiger partial charge >= 0.3 is 246 Å². The second kappa shape index (κ2) is 12.5. The Morgan fingerprint density at radius 2 is 1.77 bits per heavy atom. The molecule has 2 heterocycles. The van der Waals surface area contributed by atoms with Gasteiger partial charge in [0.1, 0.15) is 0 Å². The third kappa shape index (κ3) is 7.65. The molecule has 0 bridgehead atoms. The third-order valence-electron chi connectivity index (χ3n) is 7.66. The average Bonchev–Trinajstić information content (AvgIpc) is 3.85. The summed E-state index contributed by atoms with van der Waals surface area (Å²) < 4.78 is 80.8. The second-order valence-electron chi connectivity index (χ2n) is 11.9. The molecule has 5 rings (SSSR count). The molecular weight excluding hydrogens is 707 g/mol. The van der Waals surface area contributed by atoms with E-state index in [1.54, 1.807) is 0 Å². The van der Waals surface area contributed by atoms with E-state index in [0.29, 0.717) is 18.8 Å². The van der Waals surface area contributed by atoms with Gasteiger partial charge in [0.05, 0.1) is 0 Å². The standard InChI is InChI=1S/C28H33F6IN7O2/c1-13(2)42-24(37-12-38-42)26(44)41-22(18(14-4-5-14)15-6-7-15)23-39-17-9-8-16(19(29)21(17)40-23)20(35-10-28(32,33)34)25(43)36-11-27(3,30)31/h8-9,12-15,18,20,22H,4-7,10-11H2,1-3H3,(H,36,43)(H,39,40)(H,41,44)/q-1/t20-,22+/m1/s1. The molecule has 16 heteroatoms. The number of H-pyrrole nitrogens is 1. The number of aromatic nitrogens is 5. The van der Waals surface area contributed by atoms with E-state index >= 15 is 4.39 Å². The molecule has 0 radical (unpaired) electrons. The van der Waals surface area contributed by atoms with Gasteiger partial charge in [-0.05, 0) is 13.8 Å². The molecule has 3 aromatic rings.